The topological polar surface area (TPSA) is 105 Å². The smallest absolute Gasteiger partial charge is 0.244 e. The summed E-state index contributed by atoms with van der Waals surface area (Å²) in [5.74, 6) is 0.146. The van der Waals surface area contributed by atoms with Crippen molar-refractivity contribution in [3.05, 3.63) is 53.6 Å². The number of fused-ring (bicyclic) bond motifs is 1. The van der Waals surface area contributed by atoms with Gasteiger partial charge in [0.1, 0.15) is 25.8 Å². The molecule has 190 valence electrons. The number of amides is 2. The van der Waals surface area contributed by atoms with E-state index >= 15 is 0 Å². The van der Waals surface area contributed by atoms with E-state index in [1.54, 1.807) is 25.1 Å². The highest BCUT2D eigenvalue weighted by Gasteiger charge is 2.30. The van der Waals surface area contributed by atoms with Gasteiger partial charge in [-0.2, -0.15) is 0 Å². The molecule has 2 aromatic rings. The number of anilines is 1. The predicted octanol–water partition coefficient (Wildman–Crippen LogP) is 2.48. The summed E-state index contributed by atoms with van der Waals surface area (Å²) in [7, 11) is -3.83. The van der Waals surface area contributed by atoms with Crippen molar-refractivity contribution in [3.8, 4) is 11.5 Å². The highest BCUT2D eigenvalue weighted by Crippen LogP contribution is 2.34. The molecule has 3 rings (SSSR count). The maximum Gasteiger partial charge on any atom is 0.244 e. The molecule has 35 heavy (non-hydrogen) atoms. The van der Waals surface area contributed by atoms with Crippen LogP contribution in [0.15, 0.2) is 42.5 Å². The van der Waals surface area contributed by atoms with Gasteiger partial charge in [-0.3, -0.25) is 13.9 Å². The number of rotatable bonds is 10. The van der Waals surface area contributed by atoms with Gasteiger partial charge in [-0.25, -0.2) is 8.42 Å². The van der Waals surface area contributed by atoms with Crippen molar-refractivity contribution >= 4 is 27.5 Å². The summed E-state index contributed by atoms with van der Waals surface area (Å²) in [6, 6.07) is 11.5. The molecule has 2 amide bonds. The number of benzene rings is 2. The van der Waals surface area contributed by atoms with E-state index in [-0.39, 0.29) is 18.1 Å². The minimum Gasteiger partial charge on any atom is -0.486 e. The Kier molecular flexibility index (Phi) is 8.61. The van der Waals surface area contributed by atoms with Crippen LogP contribution in [0.4, 0.5) is 5.69 Å². The Labute approximate surface area is 207 Å². The molecule has 1 N–H and O–H groups in total. The Hall–Kier alpha value is -3.27. The third-order valence-electron chi connectivity index (χ3n) is 5.81. The van der Waals surface area contributed by atoms with Crippen LogP contribution in [0.1, 0.15) is 31.4 Å². The quantitative estimate of drug-likeness (QED) is 0.534. The van der Waals surface area contributed by atoms with Gasteiger partial charge in [-0.15, -0.1) is 0 Å². The molecule has 0 aliphatic carbocycles. The second-order valence-corrected chi connectivity index (χ2v) is 10.4. The third kappa shape index (κ3) is 6.66. The second kappa shape index (κ2) is 11.4. The molecule has 0 aromatic heterocycles. The lowest BCUT2D eigenvalue weighted by Gasteiger charge is -2.32. The lowest BCUT2D eigenvalue weighted by atomic mass is 10.1. The number of carbonyl (C=O) groups is 2. The molecule has 9 nitrogen and oxygen atoms in total. The summed E-state index contributed by atoms with van der Waals surface area (Å²) in [4.78, 5) is 27.8. The van der Waals surface area contributed by atoms with Crippen molar-refractivity contribution < 1.29 is 27.5 Å². The van der Waals surface area contributed by atoms with Crippen LogP contribution in [0, 0.1) is 6.92 Å². The summed E-state index contributed by atoms with van der Waals surface area (Å²) in [6.07, 6.45) is 1.80. The minimum atomic E-state index is -3.83. The van der Waals surface area contributed by atoms with Crippen molar-refractivity contribution in [2.24, 2.45) is 0 Å². The Balaban J connectivity index is 1.91. The van der Waals surface area contributed by atoms with Gasteiger partial charge in [0, 0.05) is 19.2 Å². The molecule has 0 spiro atoms. The zero-order chi connectivity index (χ0) is 25.6. The first-order chi connectivity index (χ1) is 16.6. The number of hydrogen-bond acceptors (Lipinski definition) is 6. The van der Waals surface area contributed by atoms with Gasteiger partial charge in [0.15, 0.2) is 11.5 Å². The standard InChI is InChI=1S/C25H33N3O6S/c1-5-12-26-25(30)19(3)27(16-20-9-7-6-8-18(20)2)24(29)17-28(35(4,31)32)21-10-11-22-23(15-21)34-14-13-33-22/h6-11,15,19H,5,12-14,16-17H2,1-4H3,(H,26,30). The third-order valence-corrected chi connectivity index (χ3v) is 6.95. The van der Waals surface area contributed by atoms with Crippen LogP contribution in [0.25, 0.3) is 0 Å². The maximum atomic E-state index is 13.6. The largest absolute Gasteiger partial charge is 0.486 e. The molecular weight excluding hydrogens is 470 g/mol. The summed E-state index contributed by atoms with van der Waals surface area (Å²) in [5.41, 5.74) is 2.13. The number of nitrogens with one attached hydrogen (secondary N) is 1. The molecular formula is C25H33N3O6S. The maximum absolute atomic E-state index is 13.6. The summed E-state index contributed by atoms with van der Waals surface area (Å²) >= 11 is 0. The molecule has 1 aliphatic heterocycles. The number of ether oxygens (including phenoxy) is 2. The normalized spacial score (nSPS) is 13.6. The van der Waals surface area contributed by atoms with Crippen LogP contribution in [0.3, 0.4) is 0 Å². The first-order valence-corrected chi connectivity index (χ1v) is 13.5. The lowest BCUT2D eigenvalue weighted by molar-refractivity contribution is -0.139. The van der Waals surface area contributed by atoms with Crippen LogP contribution in [-0.2, 0) is 26.2 Å². The van der Waals surface area contributed by atoms with Gasteiger partial charge < -0.3 is 19.7 Å². The van der Waals surface area contributed by atoms with Crippen LogP contribution >= 0.6 is 0 Å². The van der Waals surface area contributed by atoms with Crippen molar-refractivity contribution in [3.63, 3.8) is 0 Å². The summed E-state index contributed by atoms with van der Waals surface area (Å²) in [5, 5.41) is 2.82. The first kappa shape index (κ1) is 26.3. The van der Waals surface area contributed by atoms with Crippen LogP contribution in [-0.4, -0.2) is 63.7 Å². The van der Waals surface area contributed by atoms with Crippen molar-refractivity contribution in [2.45, 2.75) is 39.8 Å². The van der Waals surface area contributed by atoms with Gasteiger partial charge in [0.2, 0.25) is 21.8 Å². The summed E-state index contributed by atoms with van der Waals surface area (Å²) in [6.45, 7) is 6.48. The fourth-order valence-corrected chi connectivity index (χ4v) is 4.59. The zero-order valence-electron chi connectivity index (χ0n) is 20.6. The fraction of sp³-hybridized carbons (Fsp3) is 0.440. The lowest BCUT2D eigenvalue weighted by Crippen LogP contribution is -2.51. The highest BCUT2D eigenvalue weighted by molar-refractivity contribution is 7.92. The van der Waals surface area contributed by atoms with E-state index in [1.807, 2.05) is 38.1 Å². The van der Waals surface area contributed by atoms with E-state index in [1.165, 1.54) is 4.90 Å². The number of hydrogen-bond donors (Lipinski definition) is 1. The van der Waals surface area contributed by atoms with Gasteiger partial charge in [-0.05, 0) is 43.5 Å². The molecule has 1 atom stereocenters. The minimum absolute atomic E-state index is 0.172. The van der Waals surface area contributed by atoms with Gasteiger partial charge in [0.25, 0.3) is 0 Å². The van der Waals surface area contributed by atoms with E-state index in [2.05, 4.69) is 5.32 Å². The molecule has 0 radical (unpaired) electrons. The number of sulfonamides is 1. The predicted molar refractivity (Wildman–Crippen MR) is 134 cm³/mol. The van der Waals surface area contributed by atoms with Gasteiger partial charge in [-0.1, -0.05) is 31.2 Å². The number of aryl methyl sites for hydroxylation is 1. The Morgan fingerprint density at radius 2 is 1.77 bits per heavy atom. The molecule has 0 saturated heterocycles. The van der Waals surface area contributed by atoms with E-state index in [0.717, 1.165) is 28.1 Å². The van der Waals surface area contributed by atoms with Crippen LogP contribution < -0.4 is 19.1 Å². The average Bonchev–Trinajstić information content (AvgIpc) is 2.83. The second-order valence-electron chi connectivity index (χ2n) is 8.51. The van der Waals surface area contributed by atoms with Gasteiger partial charge >= 0.3 is 0 Å². The Morgan fingerprint density at radius 1 is 1.09 bits per heavy atom. The molecule has 0 fully saturated rings. The molecule has 2 aromatic carbocycles. The average molecular weight is 504 g/mol. The van der Waals surface area contributed by atoms with Crippen molar-refractivity contribution in [2.75, 3.05) is 36.9 Å². The van der Waals surface area contributed by atoms with Gasteiger partial charge in [0.05, 0.1) is 11.9 Å². The van der Waals surface area contributed by atoms with Crippen molar-refractivity contribution in [1.82, 2.24) is 10.2 Å². The zero-order valence-corrected chi connectivity index (χ0v) is 21.4. The molecule has 0 bridgehead atoms. The molecule has 1 heterocycles. The van der Waals surface area contributed by atoms with Crippen LogP contribution in [0.5, 0.6) is 11.5 Å². The first-order valence-electron chi connectivity index (χ1n) is 11.6. The number of nitrogens with zero attached hydrogens (tertiary/aromatic N) is 2. The Morgan fingerprint density at radius 3 is 2.43 bits per heavy atom. The van der Waals surface area contributed by atoms with Crippen molar-refractivity contribution in [1.29, 1.82) is 0 Å². The Bertz CT molecular complexity index is 1170. The fourth-order valence-electron chi connectivity index (χ4n) is 3.75. The SMILES string of the molecule is CCCNC(=O)C(C)N(Cc1ccccc1C)C(=O)CN(c1ccc2c(c1)OCCO2)S(C)(=O)=O. The molecule has 0 saturated carbocycles. The monoisotopic (exact) mass is 503 g/mol. The van der Waals surface area contributed by atoms with E-state index in [4.69, 9.17) is 9.47 Å². The highest BCUT2D eigenvalue weighted by atomic mass is 32.2. The van der Waals surface area contributed by atoms with E-state index < -0.39 is 28.5 Å². The number of carbonyl (C=O) groups excluding carboxylic acids is 2. The van der Waals surface area contributed by atoms with Crippen LogP contribution in [0.2, 0.25) is 0 Å². The molecule has 10 heteroatoms. The molecule has 1 aliphatic rings. The molecule has 1 unspecified atom stereocenters. The van der Waals surface area contributed by atoms with E-state index in [9.17, 15) is 18.0 Å². The van der Waals surface area contributed by atoms with E-state index in [0.29, 0.717) is 31.3 Å². The summed E-state index contributed by atoms with van der Waals surface area (Å²) < 4.78 is 37.6.